The van der Waals surface area contributed by atoms with Gasteiger partial charge in [0, 0.05) is 17.2 Å². The number of aliphatic carboxylic acids is 1. The summed E-state index contributed by atoms with van der Waals surface area (Å²) in [5, 5.41) is 21.9. The van der Waals surface area contributed by atoms with Gasteiger partial charge in [0.1, 0.15) is 6.04 Å². The molecule has 0 heterocycles. The van der Waals surface area contributed by atoms with Crippen LogP contribution in [-0.2, 0) is 4.79 Å². The van der Waals surface area contributed by atoms with Gasteiger partial charge >= 0.3 is 5.97 Å². The zero-order chi connectivity index (χ0) is 14.6. The molecular formula is C12H14N2O5. The minimum atomic E-state index is -1.14. The number of rotatable bonds is 5. The Labute approximate surface area is 109 Å². The number of nitro benzene ring substituents is 1. The third kappa shape index (κ3) is 3.27. The second kappa shape index (κ2) is 5.94. The van der Waals surface area contributed by atoms with Crippen molar-refractivity contribution in [3.63, 3.8) is 0 Å². The number of carboxylic acids is 1. The molecule has 19 heavy (non-hydrogen) atoms. The van der Waals surface area contributed by atoms with E-state index >= 15 is 0 Å². The maximum atomic E-state index is 11.9. The third-order valence-corrected chi connectivity index (χ3v) is 2.76. The summed E-state index contributed by atoms with van der Waals surface area (Å²) in [4.78, 5) is 32.9. The van der Waals surface area contributed by atoms with Crippen molar-refractivity contribution in [3.05, 3.63) is 39.4 Å². The molecule has 1 rings (SSSR count). The zero-order valence-electron chi connectivity index (χ0n) is 10.5. The molecule has 0 saturated heterocycles. The van der Waals surface area contributed by atoms with Crippen LogP contribution in [0.1, 0.15) is 29.3 Å². The van der Waals surface area contributed by atoms with E-state index in [1.807, 2.05) is 0 Å². The minimum Gasteiger partial charge on any atom is -0.480 e. The first kappa shape index (κ1) is 14.6. The van der Waals surface area contributed by atoms with Crippen LogP contribution in [0.5, 0.6) is 0 Å². The summed E-state index contributed by atoms with van der Waals surface area (Å²) >= 11 is 0. The molecule has 0 aliphatic heterocycles. The number of hydrogen-bond donors (Lipinski definition) is 2. The number of amides is 1. The molecule has 1 atom stereocenters. The predicted octanol–water partition coefficient (Wildman–Crippen LogP) is 1.50. The summed E-state index contributed by atoms with van der Waals surface area (Å²) in [5.74, 6) is -1.77. The van der Waals surface area contributed by atoms with Crippen molar-refractivity contribution >= 4 is 17.6 Å². The number of nitrogens with zero attached hydrogens (tertiary/aromatic N) is 1. The van der Waals surface area contributed by atoms with Crippen molar-refractivity contribution in [2.75, 3.05) is 0 Å². The first-order valence-corrected chi connectivity index (χ1v) is 5.66. The van der Waals surface area contributed by atoms with Crippen LogP contribution in [0.4, 0.5) is 5.69 Å². The lowest BCUT2D eigenvalue weighted by Gasteiger charge is -2.13. The Balaban J connectivity index is 3.04. The summed E-state index contributed by atoms with van der Waals surface area (Å²) < 4.78 is 0. The molecule has 1 aromatic rings. The fraction of sp³-hybridized carbons (Fsp3) is 0.333. The second-order valence-electron chi connectivity index (χ2n) is 3.98. The molecular weight excluding hydrogens is 252 g/mol. The Kier molecular flexibility index (Phi) is 4.57. The smallest absolute Gasteiger partial charge is 0.326 e. The van der Waals surface area contributed by atoms with E-state index in [0.717, 1.165) is 0 Å². The molecule has 0 aliphatic rings. The van der Waals surface area contributed by atoms with E-state index in [2.05, 4.69) is 5.32 Å². The molecule has 0 bridgehead atoms. The molecule has 7 heteroatoms. The number of nitrogens with one attached hydrogen (secondary N) is 1. The van der Waals surface area contributed by atoms with Gasteiger partial charge in [0.25, 0.3) is 11.6 Å². The van der Waals surface area contributed by atoms with Crippen LogP contribution in [0.15, 0.2) is 18.2 Å². The highest BCUT2D eigenvalue weighted by molar-refractivity contribution is 5.98. The standard InChI is InChI=1S/C12H14N2O5/c1-3-9(12(16)17)13-11(15)8-5-4-6-10(7(8)2)14(18)19/h4-6,9H,3H2,1-2H3,(H,13,15)(H,16,17)/t9-/m1/s1. The van der Waals surface area contributed by atoms with Gasteiger partial charge in [-0.3, -0.25) is 14.9 Å². The lowest BCUT2D eigenvalue weighted by Crippen LogP contribution is -2.40. The van der Waals surface area contributed by atoms with Crippen LogP contribution >= 0.6 is 0 Å². The topological polar surface area (TPSA) is 110 Å². The fourth-order valence-electron chi connectivity index (χ4n) is 1.64. The van der Waals surface area contributed by atoms with Crippen LogP contribution in [-0.4, -0.2) is 27.9 Å². The fourth-order valence-corrected chi connectivity index (χ4v) is 1.64. The molecule has 102 valence electrons. The normalized spacial score (nSPS) is 11.7. The molecule has 0 saturated carbocycles. The molecule has 0 spiro atoms. The van der Waals surface area contributed by atoms with Gasteiger partial charge in [-0.1, -0.05) is 13.0 Å². The van der Waals surface area contributed by atoms with Crippen LogP contribution < -0.4 is 5.32 Å². The van der Waals surface area contributed by atoms with Gasteiger partial charge in [0.05, 0.1) is 4.92 Å². The highest BCUT2D eigenvalue weighted by Crippen LogP contribution is 2.21. The van der Waals surface area contributed by atoms with Gasteiger partial charge in [-0.15, -0.1) is 0 Å². The first-order chi connectivity index (χ1) is 8.88. The monoisotopic (exact) mass is 266 g/mol. The predicted molar refractivity (Wildman–Crippen MR) is 67.0 cm³/mol. The molecule has 1 amide bonds. The summed E-state index contributed by atoms with van der Waals surface area (Å²) in [6.45, 7) is 3.08. The number of carbonyl (C=O) groups excluding carboxylic acids is 1. The number of benzene rings is 1. The van der Waals surface area contributed by atoms with Crippen molar-refractivity contribution in [2.45, 2.75) is 26.3 Å². The highest BCUT2D eigenvalue weighted by atomic mass is 16.6. The summed E-state index contributed by atoms with van der Waals surface area (Å²) in [5.41, 5.74) is 0.148. The molecule has 0 aliphatic carbocycles. The maximum absolute atomic E-state index is 11.9. The van der Waals surface area contributed by atoms with Crippen molar-refractivity contribution in [1.29, 1.82) is 0 Å². The van der Waals surface area contributed by atoms with Gasteiger partial charge in [0.2, 0.25) is 0 Å². The molecule has 0 unspecified atom stereocenters. The molecule has 1 aromatic carbocycles. The van der Waals surface area contributed by atoms with Gasteiger partial charge in [0.15, 0.2) is 0 Å². The Morgan fingerprint density at radius 1 is 1.47 bits per heavy atom. The van der Waals surface area contributed by atoms with Crippen LogP contribution in [0.25, 0.3) is 0 Å². The largest absolute Gasteiger partial charge is 0.480 e. The number of carboxylic acid groups (broad SMARTS) is 1. The van der Waals surface area contributed by atoms with E-state index in [9.17, 15) is 19.7 Å². The summed E-state index contributed by atoms with van der Waals surface area (Å²) in [7, 11) is 0. The lowest BCUT2D eigenvalue weighted by molar-refractivity contribution is -0.385. The number of nitro groups is 1. The molecule has 0 fully saturated rings. The SMILES string of the molecule is CC[C@@H](NC(=O)c1cccc([N+](=O)[O-])c1C)C(=O)O. The summed E-state index contributed by atoms with van der Waals surface area (Å²) in [6, 6.07) is 3.10. The van der Waals surface area contributed by atoms with E-state index in [-0.39, 0.29) is 23.2 Å². The van der Waals surface area contributed by atoms with Gasteiger partial charge < -0.3 is 10.4 Å². The number of carbonyl (C=O) groups is 2. The van der Waals surface area contributed by atoms with Crippen LogP contribution in [0.3, 0.4) is 0 Å². The quantitative estimate of drug-likeness (QED) is 0.619. The van der Waals surface area contributed by atoms with Crippen molar-refractivity contribution in [1.82, 2.24) is 5.32 Å². The second-order valence-corrected chi connectivity index (χ2v) is 3.98. The van der Waals surface area contributed by atoms with Crippen molar-refractivity contribution in [3.8, 4) is 0 Å². The average Bonchev–Trinajstić information content (AvgIpc) is 2.35. The minimum absolute atomic E-state index is 0.105. The Morgan fingerprint density at radius 3 is 2.58 bits per heavy atom. The van der Waals surface area contributed by atoms with Crippen molar-refractivity contribution in [2.24, 2.45) is 0 Å². The van der Waals surface area contributed by atoms with Gasteiger partial charge in [-0.05, 0) is 19.4 Å². The van der Waals surface area contributed by atoms with E-state index < -0.39 is 22.8 Å². The lowest BCUT2D eigenvalue weighted by atomic mass is 10.1. The number of hydrogen-bond acceptors (Lipinski definition) is 4. The Hall–Kier alpha value is -2.44. The average molecular weight is 266 g/mol. The van der Waals surface area contributed by atoms with E-state index in [4.69, 9.17) is 5.11 Å². The summed E-state index contributed by atoms with van der Waals surface area (Å²) in [6.07, 6.45) is 0.231. The van der Waals surface area contributed by atoms with Crippen molar-refractivity contribution < 1.29 is 19.6 Å². The van der Waals surface area contributed by atoms with E-state index in [1.54, 1.807) is 6.92 Å². The van der Waals surface area contributed by atoms with Crippen LogP contribution in [0.2, 0.25) is 0 Å². The zero-order valence-corrected chi connectivity index (χ0v) is 10.5. The molecule has 7 nitrogen and oxygen atoms in total. The molecule has 2 N–H and O–H groups in total. The van der Waals surface area contributed by atoms with Gasteiger partial charge in [-0.2, -0.15) is 0 Å². The highest BCUT2D eigenvalue weighted by Gasteiger charge is 2.22. The Bertz CT molecular complexity index is 527. The van der Waals surface area contributed by atoms with Gasteiger partial charge in [-0.25, -0.2) is 4.79 Å². The van der Waals surface area contributed by atoms with E-state index in [0.29, 0.717) is 0 Å². The molecule has 0 radical (unpaired) electrons. The van der Waals surface area contributed by atoms with E-state index in [1.165, 1.54) is 25.1 Å². The first-order valence-electron chi connectivity index (χ1n) is 5.66. The maximum Gasteiger partial charge on any atom is 0.326 e. The van der Waals surface area contributed by atoms with Crippen LogP contribution in [0, 0.1) is 17.0 Å². The Morgan fingerprint density at radius 2 is 2.11 bits per heavy atom. The molecule has 0 aromatic heterocycles. The third-order valence-electron chi connectivity index (χ3n) is 2.76.